The Hall–Kier alpha value is -2.26. The fraction of sp³-hybridized carbons (Fsp3) is 0.118. The van der Waals surface area contributed by atoms with Crippen molar-refractivity contribution in [1.82, 2.24) is 0 Å². The van der Waals surface area contributed by atoms with Gasteiger partial charge in [0.1, 0.15) is 5.75 Å². The lowest BCUT2D eigenvalue weighted by atomic mass is 10.1. The summed E-state index contributed by atoms with van der Waals surface area (Å²) < 4.78 is 5.34. The molecule has 0 aromatic heterocycles. The van der Waals surface area contributed by atoms with Gasteiger partial charge in [0, 0.05) is 28.5 Å². The summed E-state index contributed by atoms with van der Waals surface area (Å²) in [5, 5.41) is 3.70. The molecule has 0 aliphatic carbocycles. The van der Waals surface area contributed by atoms with E-state index < -0.39 is 0 Å². The maximum absolute atomic E-state index is 12.0. The molecule has 0 saturated carbocycles. The molecule has 0 radical (unpaired) electrons. The van der Waals surface area contributed by atoms with E-state index in [0.717, 1.165) is 11.4 Å². The average Bonchev–Trinajstić information content (AvgIpc) is 2.50. The normalized spacial score (nSPS) is 10.6. The van der Waals surface area contributed by atoms with E-state index in [2.05, 4.69) is 5.32 Å². The molecule has 1 N–H and O–H groups in total. The highest BCUT2D eigenvalue weighted by Gasteiger charge is 2.01. The molecule has 0 heterocycles. The molecule has 0 amide bonds. The molecule has 108 valence electrons. The summed E-state index contributed by atoms with van der Waals surface area (Å²) in [6.07, 6.45) is 3.10. The highest BCUT2D eigenvalue weighted by molar-refractivity contribution is 6.30. The summed E-state index contributed by atoms with van der Waals surface area (Å²) >= 11 is 5.80. The number of ketones is 1. The summed E-state index contributed by atoms with van der Waals surface area (Å²) in [5.74, 6) is 0.692. The van der Waals surface area contributed by atoms with Crippen LogP contribution in [0.15, 0.2) is 60.8 Å². The summed E-state index contributed by atoms with van der Waals surface area (Å²) in [7, 11) is 0. The van der Waals surface area contributed by atoms with Crippen LogP contribution in [0, 0.1) is 0 Å². The molecule has 0 aliphatic heterocycles. The summed E-state index contributed by atoms with van der Waals surface area (Å²) in [6, 6.07) is 14.3. The van der Waals surface area contributed by atoms with Crippen molar-refractivity contribution in [2.45, 2.75) is 6.92 Å². The molecular formula is C17H16ClNO2. The number of carbonyl (C=O) groups excluding carboxylic acids is 1. The number of allylic oxidation sites excluding steroid dienone is 1. The Balaban J connectivity index is 1.94. The fourth-order valence-electron chi connectivity index (χ4n) is 1.74. The minimum Gasteiger partial charge on any atom is -0.494 e. The van der Waals surface area contributed by atoms with Crippen LogP contribution in [0.3, 0.4) is 0 Å². The Bertz CT molecular complexity index is 618. The number of nitrogens with one attached hydrogen (secondary N) is 1. The van der Waals surface area contributed by atoms with E-state index in [1.807, 2.05) is 19.1 Å². The van der Waals surface area contributed by atoms with E-state index in [9.17, 15) is 4.79 Å². The predicted molar refractivity (Wildman–Crippen MR) is 86.2 cm³/mol. The maximum atomic E-state index is 12.0. The van der Waals surface area contributed by atoms with E-state index in [4.69, 9.17) is 16.3 Å². The van der Waals surface area contributed by atoms with Crippen molar-refractivity contribution in [2.75, 3.05) is 11.9 Å². The van der Waals surface area contributed by atoms with Gasteiger partial charge in [0.15, 0.2) is 5.78 Å². The van der Waals surface area contributed by atoms with Gasteiger partial charge < -0.3 is 10.1 Å². The van der Waals surface area contributed by atoms with E-state index >= 15 is 0 Å². The van der Waals surface area contributed by atoms with Crippen LogP contribution in [0.1, 0.15) is 17.3 Å². The Morgan fingerprint density at radius 3 is 2.43 bits per heavy atom. The Morgan fingerprint density at radius 1 is 1.14 bits per heavy atom. The minimum atomic E-state index is -0.0699. The van der Waals surface area contributed by atoms with Crippen molar-refractivity contribution < 1.29 is 9.53 Å². The molecule has 0 fully saturated rings. The van der Waals surface area contributed by atoms with Gasteiger partial charge in [0.25, 0.3) is 0 Å². The van der Waals surface area contributed by atoms with Crippen LogP contribution in [-0.2, 0) is 0 Å². The second-order valence-electron chi connectivity index (χ2n) is 4.31. The van der Waals surface area contributed by atoms with Gasteiger partial charge in [-0.3, -0.25) is 4.79 Å². The molecule has 0 saturated heterocycles. The lowest BCUT2D eigenvalue weighted by Gasteiger charge is -2.03. The number of hydrogen-bond donors (Lipinski definition) is 1. The summed E-state index contributed by atoms with van der Waals surface area (Å²) in [4.78, 5) is 12.0. The molecule has 2 aromatic carbocycles. The lowest BCUT2D eigenvalue weighted by Crippen LogP contribution is -1.97. The molecule has 2 rings (SSSR count). The van der Waals surface area contributed by atoms with E-state index in [1.165, 1.54) is 6.08 Å². The average molecular weight is 302 g/mol. The van der Waals surface area contributed by atoms with Crippen LogP contribution in [0.25, 0.3) is 0 Å². The number of anilines is 1. The van der Waals surface area contributed by atoms with Gasteiger partial charge in [-0.05, 0) is 55.5 Å². The van der Waals surface area contributed by atoms with Gasteiger partial charge in [0.2, 0.25) is 0 Å². The van der Waals surface area contributed by atoms with E-state index in [-0.39, 0.29) is 5.78 Å². The first-order valence-electron chi connectivity index (χ1n) is 6.65. The van der Waals surface area contributed by atoms with Crippen molar-refractivity contribution in [3.63, 3.8) is 0 Å². The van der Waals surface area contributed by atoms with Gasteiger partial charge in [-0.1, -0.05) is 11.6 Å². The van der Waals surface area contributed by atoms with Crippen LogP contribution < -0.4 is 10.1 Å². The highest BCUT2D eigenvalue weighted by Crippen LogP contribution is 2.14. The van der Waals surface area contributed by atoms with Crippen LogP contribution >= 0.6 is 11.6 Å². The van der Waals surface area contributed by atoms with Gasteiger partial charge in [0.05, 0.1) is 6.61 Å². The quantitative estimate of drug-likeness (QED) is 0.628. The number of rotatable bonds is 6. The lowest BCUT2D eigenvalue weighted by molar-refractivity contribution is 0.104. The standard InChI is InChI=1S/C17H16ClNO2/c1-2-21-16-9-3-13(4-10-16)17(20)11-12-19-15-7-5-14(18)6-8-15/h3-12,19H,2H2,1H3/b12-11+. The Morgan fingerprint density at radius 2 is 1.81 bits per heavy atom. The third kappa shape index (κ3) is 4.65. The molecule has 0 unspecified atom stereocenters. The third-order valence-electron chi connectivity index (χ3n) is 2.78. The molecular weight excluding hydrogens is 286 g/mol. The number of halogens is 1. The molecule has 0 bridgehead atoms. The van der Waals surface area contributed by atoms with Gasteiger partial charge in [-0.25, -0.2) is 0 Å². The van der Waals surface area contributed by atoms with Gasteiger partial charge in [-0.15, -0.1) is 0 Å². The predicted octanol–water partition coefficient (Wildman–Crippen LogP) is 4.55. The summed E-state index contributed by atoms with van der Waals surface area (Å²) in [6.45, 7) is 2.53. The highest BCUT2D eigenvalue weighted by atomic mass is 35.5. The van der Waals surface area contributed by atoms with E-state index in [1.54, 1.807) is 42.6 Å². The molecule has 21 heavy (non-hydrogen) atoms. The molecule has 3 nitrogen and oxygen atoms in total. The van der Waals surface area contributed by atoms with Crippen molar-refractivity contribution >= 4 is 23.1 Å². The molecule has 2 aromatic rings. The maximum Gasteiger partial charge on any atom is 0.187 e. The second-order valence-corrected chi connectivity index (χ2v) is 4.74. The molecule has 0 aliphatic rings. The first kappa shape index (κ1) is 15.1. The van der Waals surface area contributed by atoms with Crippen molar-refractivity contribution in [3.05, 3.63) is 71.4 Å². The third-order valence-corrected chi connectivity index (χ3v) is 3.03. The topological polar surface area (TPSA) is 38.3 Å². The molecule has 0 atom stereocenters. The SMILES string of the molecule is CCOc1ccc(C(=O)/C=C/Nc2ccc(Cl)cc2)cc1. The van der Waals surface area contributed by atoms with E-state index in [0.29, 0.717) is 17.2 Å². The molecule has 0 spiro atoms. The number of ether oxygens (including phenoxy) is 1. The first-order chi connectivity index (χ1) is 10.2. The minimum absolute atomic E-state index is 0.0699. The van der Waals surface area contributed by atoms with Crippen LogP contribution in [-0.4, -0.2) is 12.4 Å². The zero-order valence-corrected chi connectivity index (χ0v) is 12.4. The van der Waals surface area contributed by atoms with Crippen LogP contribution in [0.5, 0.6) is 5.75 Å². The first-order valence-corrected chi connectivity index (χ1v) is 7.02. The van der Waals surface area contributed by atoms with Crippen molar-refractivity contribution in [1.29, 1.82) is 0 Å². The van der Waals surface area contributed by atoms with Crippen molar-refractivity contribution in [2.24, 2.45) is 0 Å². The van der Waals surface area contributed by atoms with Crippen molar-refractivity contribution in [3.8, 4) is 5.75 Å². The zero-order chi connectivity index (χ0) is 15.1. The monoisotopic (exact) mass is 301 g/mol. The number of hydrogen-bond acceptors (Lipinski definition) is 3. The second kappa shape index (κ2) is 7.50. The smallest absolute Gasteiger partial charge is 0.187 e. The fourth-order valence-corrected chi connectivity index (χ4v) is 1.86. The zero-order valence-electron chi connectivity index (χ0n) is 11.7. The summed E-state index contributed by atoms with van der Waals surface area (Å²) in [5.41, 5.74) is 1.49. The van der Waals surface area contributed by atoms with Gasteiger partial charge in [-0.2, -0.15) is 0 Å². The largest absolute Gasteiger partial charge is 0.494 e. The van der Waals surface area contributed by atoms with Crippen LogP contribution in [0.2, 0.25) is 5.02 Å². The Kier molecular flexibility index (Phi) is 5.41. The van der Waals surface area contributed by atoms with Gasteiger partial charge >= 0.3 is 0 Å². The Labute approximate surface area is 129 Å². The number of carbonyl (C=O) groups is 1. The number of benzene rings is 2. The molecule has 4 heteroatoms. The van der Waals surface area contributed by atoms with Crippen LogP contribution in [0.4, 0.5) is 5.69 Å².